The molecule has 0 saturated carbocycles. The Morgan fingerprint density at radius 2 is 2.00 bits per heavy atom. The molecule has 0 atom stereocenters. The SMILES string of the molecule is Cc1ccc(CN)cc1-n1ccc(C(F)(F)F)n1. The van der Waals surface area contributed by atoms with Crippen molar-refractivity contribution in [3.05, 3.63) is 47.3 Å². The Kier molecular flexibility index (Phi) is 3.13. The summed E-state index contributed by atoms with van der Waals surface area (Å²) < 4.78 is 38.6. The molecule has 0 bridgehead atoms. The maximum atomic E-state index is 12.5. The maximum absolute atomic E-state index is 12.5. The van der Waals surface area contributed by atoms with Gasteiger partial charge < -0.3 is 5.73 Å². The van der Waals surface area contributed by atoms with Crippen molar-refractivity contribution in [1.29, 1.82) is 0 Å². The van der Waals surface area contributed by atoms with E-state index in [1.807, 2.05) is 19.1 Å². The van der Waals surface area contributed by atoms with Crippen molar-refractivity contribution >= 4 is 0 Å². The predicted octanol–water partition coefficient (Wildman–Crippen LogP) is 2.66. The number of rotatable bonds is 2. The smallest absolute Gasteiger partial charge is 0.326 e. The Labute approximate surface area is 102 Å². The van der Waals surface area contributed by atoms with Gasteiger partial charge in [0.25, 0.3) is 0 Å². The zero-order chi connectivity index (χ0) is 13.3. The minimum atomic E-state index is -4.43. The van der Waals surface area contributed by atoms with Crippen LogP contribution in [0.4, 0.5) is 13.2 Å². The molecule has 6 heteroatoms. The topological polar surface area (TPSA) is 43.8 Å². The number of halogens is 3. The Hall–Kier alpha value is -1.82. The molecule has 96 valence electrons. The van der Waals surface area contributed by atoms with Gasteiger partial charge in [-0.05, 0) is 30.2 Å². The van der Waals surface area contributed by atoms with Crippen LogP contribution in [0.1, 0.15) is 16.8 Å². The number of hydrogen-bond acceptors (Lipinski definition) is 2. The van der Waals surface area contributed by atoms with Crippen LogP contribution >= 0.6 is 0 Å². The zero-order valence-corrected chi connectivity index (χ0v) is 9.70. The van der Waals surface area contributed by atoms with Crippen LogP contribution in [-0.4, -0.2) is 9.78 Å². The van der Waals surface area contributed by atoms with Gasteiger partial charge >= 0.3 is 6.18 Å². The number of nitrogens with zero attached hydrogens (tertiary/aromatic N) is 2. The molecular weight excluding hydrogens is 243 g/mol. The van der Waals surface area contributed by atoms with Gasteiger partial charge in [-0.1, -0.05) is 12.1 Å². The Morgan fingerprint density at radius 1 is 1.28 bits per heavy atom. The molecule has 2 rings (SSSR count). The van der Waals surface area contributed by atoms with E-state index >= 15 is 0 Å². The molecule has 0 aliphatic carbocycles. The fourth-order valence-electron chi connectivity index (χ4n) is 1.64. The largest absolute Gasteiger partial charge is 0.435 e. The van der Waals surface area contributed by atoms with Crippen LogP contribution in [0, 0.1) is 6.92 Å². The first-order valence-electron chi connectivity index (χ1n) is 5.34. The summed E-state index contributed by atoms with van der Waals surface area (Å²) in [7, 11) is 0. The summed E-state index contributed by atoms with van der Waals surface area (Å²) in [6.07, 6.45) is -3.13. The van der Waals surface area contributed by atoms with Crippen LogP contribution in [-0.2, 0) is 12.7 Å². The Bertz CT molecular complexity index is 558. The summed E-state index contributed by atoms with van der Waals surface area (Å²) in [6, 6.07) is 6.34. The minimum absolute atomic E-state index is 0.334. The molecule has 0 fully saturated rings. The number of nitrogens with two attached hydrogens (primary N) is 1. The highest BCUT2D eigenvalue weighted by atomic mass is 19.4. The van der Waals surface area contributed by atoms with Gasteiger partial charge in [0.2, 0.25) is 0 Å². The molecule has 1 aromatic heterocycles. The highest BCUT2D eigenvalue weighted by Crippen LogP contribution is 2.28. The molecule has 0 unspecified atom stereocenters. The lowest BCUT2D eigenvalue weighted by atomic mass is 10.1. The lowest BCUT2D eigenvalue weighted by Crippen LogP contribution is -2.08. The first-order valence-corrected chi connectivity index (χ1v) is 5.34. The summed E-state index contributed by atoms with van der Waals surface area (Å²) in [5.41, 5.74) is 6.90. The second-order valence-corrected chi connectivity index (χ2v) is 3.97. The lowest BCUT2D eigenvalue weighted by molar-refractivity contribution is -0.141. The van der Waals surface area contributed by atoms with Gasteiger partial charge in [0.1, 0.15) is 0 Å². The Balaban J connectivity index is 2.45. The second-order valence-electron chi connectivity index (χ2n) is 3.97. The molecule has 0 spiro atoms. The Morgan fingerprint density at radius 3 is 2.56 bits per heavy atom. The van der Waals surface area contributed by atoms with E-state index in [0.29, 0.717) is 12.2 Å². The first kappa shape index (κ1) is 12.6. The molecule has 0 aliphatic rings. The third-order valence-corrected chi connectivity index (χ3v) is 2.64. The molecule has 0 saturated heterocycles. The fourth-order valence-corrected chi connectivity index (χ4v) is 1.64. The first-order chi connectivity index (χ1) is 8.41. The molecule has 18 heavy (non-hydrogen) atoms. The van der Waals surface area contributed by atoms with Gasteiger partial charge in [0.05, 0.1) is 5.69 Å². The van der Waals surface area contributed by atoms with E-state index < -0.39 is 11.9 Å². The maximum Gasteiger partial charge on any atom is 0.435 e. The number of hydrogen-bond donors (Lipinski definition) is 1. The molecular formula is C12H12F3N3. The van der Waals surface area contributed by atoms with Crippen molar-refractivity contribution in [2.24, 2.45) is 5.73 Å². The van der Waals surface area contributed by atoms with E-state index in [1.54, 1.807) is 6.07 Å². The third-order valence-electron chi connectivity index (χ3n) is 2.64. The van der Waals surface area contributed by atoms with Crippen molar-refractivity contribution in [2.45, 2.75) is 19.6 Å². The van der Waals surface area contributed by atoms with Crippen LogP contribution in [0.3, 0.4) is 0 Å². The van der Waals surface area contributed by atoms with E-state index in [-0.39, 0.29) is 0 Å². The van der Waals surface area contributed by atoms with Crippen LogP contribution in [0.2, 0.25) is 0 Å². The molecule has 2 N–H and O–H groups in total. The van der Waals surface area contributed by atoms with Crippen molar-refractivity contribution in [3.8, 4) is 5.69 Å². The number of alkyl halides is 3. The van der Waals surface area contributed by atoms with E-state index in [1.165, 1.54) is 10.9 Å². The average molecular weight is 255 g/mol. The minimum Gasteiger partial charge on any atom is -0.326 e. The highest BCUT2D eigenvalue weighted by Gasteiger charge is 2.33. The third kappa shape index (κ3) is 2.38. The van der Waals surface area contributed by atoms with Gasteiger partial charge in [0, 0.05) is 12.7 Å². The van der Waals surface area contributed by atoms with Crippen molar-refractivity contribution in [1.82, 2.24) is 9.78 Å². The average Bonchev–Trinajstić information content (AvgIpc) is 2.78. The van der Waals surface area contributed by atoms with E-state index in [2.05, 4.69) is 5.10 Å². The normalized spacial score (nSPS) is 11.8. The molecule has 1 heterocycles. The van der Waals surface area contributed by atoms with Gasteiger partial charge in [-0.25, -0.2) is 4.68 Å². The summed E-state index contributed by atoms with van der Waals surface area (Å²) >= 11 is 0. The van der Waals surface area contributed by atoms with Gasteiger partial charge in [-0.15, -0.1) is 0 Å². The zero-order valence-electron chi connectivity index (χ0n) is 9.70. The van der Waals surface area contributed by atoms with E-state index in [9.17, 15) is 13.2 Å². The summed E-state index contributed by atoms with van der Waals surface area (Å²) in [5, 5.41) is 3.54. The van der Waals surface area contributed by atoms with Gasteiger partial charge in [0.15, 0.2) is 5.69 Å². The molecule has 0 radical (unpaired) electrons. The summed E-state index contributed by atoms with van der Waals surface area (Å²) in [4.78, 5) is 0. The van der Waals surface area contributed by atoms with Crippen LogP contribution in [0.15, 0.2) is 30.5 Å². The van der Waals surface area contributed by atoms with Crippen LogP contribution in [0.25, 0.3) is 5.69 Å². The fraction of sp³-hybridized carbons (Fsp3) is 0.250. The van der Waals surface area contributed by atoms with Crippen molar-refractivity contribution < 1.29 is 13.2 Å². The number of aromatic nitrogens is 2. The van der Waals surface area contributed by atoms with E-state index in [0.717, 1.165) is 17.2 Å². The van der Waals surface area contributed by atoms with E-state index in [4.69, 9.17) is 5.73 Å². The van der Waals surface area contributed by atoms with Crippen LogP contribution < -0.4 is 5.73 Å². The van der Waals surface area contributed by atoms with Crippen LogP contribution in [0.5, 0.6) is 0 Å². The van der Waals surface area contributed by atoms with Gasteiger partial charge in [-0.2, -0.15) is 18.3 Å². The summed E-state index contributed by atoms with van der Waals surface area (Å²) in [6.45, 7) is 2.14. The number of aryl methyl sites for hydroxylation is 1. The quantitative estimate of drug-likeness (QED) is 0.896. The molecule has 2 aromatic rings. The molecule has 3 nitrogen and oxygen atoms in total. The van der Waals surface area contributed by atoms with Crippen molar-refractivity contribution in [3.63, 3.8) is 0 Å². The predicted molar refractivity (Wildman–Crippen MR) is 61.2 cm³/mol. The molecule has 1 aromatic carbocycles. The highest BCUT2D eigenvalue weighted by molar-refractivity contribution is 5.42. The van der Waals surface area contributed by atoms with Crippen molar-refractivity contribution in [2.75, 3.05) is 0 Å². The summed E-state index contributed by atoms with van der Waals surface area (Å²) in [5.74, 6) is 0. The monoisotopic (exact) mass is 255 g/mol. The van der Waals surface area contributed by atoms with Gasteiger partial charge in [-0.3, -0.25) is 0 Å². The molecule has 0 amide bonds. The standard InChI is InChI=1S/C12H12F3N3/c1-8-2-3-9(7-16)6-10(8)18-5-4-11(17-18)12(13,14)15/h2-6H,7,16H2,1H3. The second kappa shape index (κ2) is 4.45. The number of benzene rings is 1. The molecule has 0 aliphatic heterocycles. The lowest BCUT2D eigenvalue weighted by Gasteiger charge is -2.08.